The number of urea groups is 1. The summed E-state index contributed by atoms with van der Waals surface area (Å²) < 4.78 is 42.5. The largest absolute Gasteiger partial charge is 0.396 e. The van der Waals surface area contributed by atoms with E-state index in [2.05, 4.69) is 10.6 Å². The zero-order chi connectivity index (χ0) is 26.7. The van der Waals surface area contributed by atoms with Gasteiger partial charge in [0.25, 0.3) is 15.6 Å². The van der Waals surface area contributed by atoms with Gasteiger partial charge in [-0.05, 0) is 67.3 Å². The lowest BCUT2D eigenvalue weighted by Gasteiger charge is -2.16. The molecule has 2 aromatic heterocycles. The fraction of sp³-hybridized carbons (Fsp3) is 0.200. The van der Waals surface area contributed by atoms with E-state index >= 15 is 0 Å². The van der Waals surface area contributed by atoms with Gasteiger partial charge in [-0.2, -0.15) is 0 Å². The number of aromatic nitrogens is 1. The topological polar surface area (TPSA) is 135 Å². The zero-order valence-corrected chi connectivity index (χ0v) is 21.8. The van der Waals surface area contributed by atoms with Gasteiger partial charge >= 0.3 is 6.03 Å². The molecule has 4 rings (SSSR count). The van der Waals surface area contributed by atoms with Crippen molar-refractivity contribution in [1.82, 2.24) is 9.29 Å². The minimum Gasteiger partial charge on any atom is -0.396 e. The predicted molar refractivity (Wildman–Crippen MR) is 146 cm³/mol. The van der Waals surface area contributed by atoms with Crippen LogP contribution in [0.3, 0.4) is 0 Å². The third kappa shape index (κ3) is 5.75. The van der Waals surface area contributed by atoms with E-state index in [1.165, 1.54) is 16.7 Å². The third-order valence-corrected chi connectivity index (χ3v) is 8.43. The molecule has 194 valence electrons. The molecule has 0 radical (unpaired) electrons. The van der Waals surface area contributed by atoms with Crippen LogP contribution in [0.5, 0.6) is 0 Å². The minimum atomic E-state index is -4.03. The number of nitrogens with zero attached hydrogens (tertiary/aromatic N) is 1. The van der Waals surface area contributed by atoms with Gasteiger partial charge in [-0.1, -0.05) is 13.3 Å². The number of sulfonamides is 1. The van der Waals surface area contributed by atoms with Crippen LogP contribution in [-0.2, 0) is 10.0 Å². The second-order valence-corrected chi connectivity index (χ2v) is 11.6. The molecular formula is C25H26FN5O4S2. The van der Waals surface area contributed by atoms with Crippen molar-refractivity contribution in [2.45, 2.75) is 30.9 Å². The van der Waals surface area contributed by atoms with Crippen LogP contribution in [0.25, 0.3) is 16.5 Å². The number of nitrogens with one attached hydrogen (secondary N) is 3. The Morgan fingerprint density at radius 1 is 1.11 bits per heavy atom. The van der Waals surface area contributed by atoms with Crippen molar-refractivity contribution in [1.29, 1.82) is 0 Å². The molecule has 12 heteroatoms. The van der Waals surface area contributed by atoms with Crippen LogP contribution in [0.4, 0.5) is 26.2 Å². The Bertz CT molecular complexity index is 1650. The number of hydrogen-bond donors (Lipinski definition) is 4. The van der Waals surface area contributed by atoms with Crippen molar-refractivity contribution >= 4 is 55.2 Å². The summed E-state index contributed by atoms with van der Waals surface area (Å²) >= 11 is 1.06. The summed E-state index contributed by atoms with van der Waals surface area (Å²) in [5.74, 6) is -0.678. The Hall–Kier alpha value is -3.90. The fourth-order valence-corrected chi connectivity index (χ4v) is 5.89. The van der Waals surface area contributed by atoms with Gasteiger partial charge in [0.2, 0.25) is 0 Å². The number of amides is 2. The maximum absolute atomic E-state index is 14.0. The average molecular weight is 544 g/mol. The molecule has 37 heavy (non-hydrogen) atoms. The standard InChI is InChI=1S/C25H26FN5O4S2/c1-3-4-10-28-22-13-17(31-11-9-16-12-20(27)19(26)14-18(16)24(31)32)6-7-21(22)29-25(33)30-37(34,35)23-8-5-15(2)36-23/h5-9,11-14,28H,3-4,10,27H2,1-2H3,(H2,29,30,33). The molecule has 4 aromatic rings. The highest BCUT2D eigenvalue weighted by Gasteiger charge is 2.20. The third-order valence-electron chi connectivity index (χ3n) is 5.60. The Morgan fingerprint density at radius 3 is 2.59 bits per heavy atom. The highest BCUT2D eigenvalue weighted by atomic mass is 32.2. The van der Waals surface area contributed by atoms with Crippen LogP contribution in [0.15, 0.2) is 63.7 Å². The molecule has 0 unspecified atom stereocenters. The van der Waals surface area contributed by atoms with E-state index in [1.54, 1.807) is 43.5 Å². The predicted octanol–water partition coefficient (Wildman–Crippen LogP) is 4.80. The summed E-state index contributed by atoms with van der Waals surface area (Å²) in [7, 11) is -4.03. The number of anilines is 3. The van der Waals surface area contributed by atoms with Gasteiger partial charge < -0.3 is 16.4 Å². The number of rotatable bonds is 8. The lowest BCUT2D eigenvalue weighted by molar-refractivity contribution is 0.256. The lowest BCUT2D eigenvalue weighted by atomic mass is 10.1. The minimum absolute atomic E-state index is 0.0330. The molecule has 0 atom stereocenters. The molecule has 0 fully saturated rings. The van der Waals surface area contributed by atoms with Gasteiger partial charge in [-0.15, -0.1) is 11.3 Å². The van der Waals surface area contributed by atoms with E-state index in [-0.39, 0.29) is 15.3 Å². The van der Waals surface area contributed by atoms with Crippen LogP contribution in [0.1, 0.15) is 24.6 Å². The Balaban J connectivity index is 1.65. The molecule has 0 aliphatic carbocycles. The smallest absolute Gasteiger partial charge is 0.333 e. The zero-order valence-electron chi connectivity index (χ0n) is 20.2. The van der Waals surface area contributed by atoms with Crippen LogP contribution in [0, 0.1) is 12.7 Å². The quantitative estimate of drug-likeness (QED) is 0.186. The number of thiophene rings is 1. The number of pyridine rings is 1. The van der Waals surface area contributed by atoms with Crippen molar-refractivity contribution in [2.24, 2.45) is 0 Å². The Kier molecular flexibility index (Phi) is 7.50. The Morgan fingerprint density at radius 2 is 1.89 bits per heavy atom. The van der Waals surface area contributed by atoms with Crippen LogP contribution in [0.2, 0.25) is 0 Å². The van der Waals surface area contributed by atoms with Crippen LogP contribution >= 0.6 is 11.3 Å². The maximum Gasteiger partial charge on any atom is 0.333 e. The SMILES string of the molecule is CCCCNc1cc(-n2ccc3cc(N)c(F)cc3c2=O)ccc1NC(=O)NS(=O)(=O)c1ccc(C)s1. The maximum atomic E-state index is 14.0. The number of aryl methyl sites for hydroxylation is 1. The first-order valence-electron chi connectivity index (χ1n) is 11.5. The van der Waals surface area contributed by atoms with E-state index in [0.717, 1.165) is 35.1 Å². The number of unbranched alkanes of at least 4 members (excludes halogenated alkanes) is 1. The lowest BCUT2D eigenvalue weighted by Crippen LogP contribution is -2.34. The highest BCUT2D eigenvalue weighted by molar-refractivity contribution is 7.92. The molecule has 2 aromatic carbocycles. The monoisotopic (exact) mass is 543 g/mol. The normalized spacial score (nSPS) is 11.4. The Labute approximate surface area is 217 Å². The second kappa shape index (κ2) is 10.6. The van der Waals surface area contributed by atoms with Crippen molar-refractivity contribution in [3.05, 3.63) is 75.8 Å². The summed E-state index contributed by atoms with van der Waals surface area (Å²) in [6, 6.07) is 11.2. The molecule has 0 bridgehead atoms. The molecule has 0 saturated heterocycles. The van der Waals surface area contributed by atoms with Crippen molar-refractivity contribution in [3.63, 3.8) is 0 Å². The van der Waals surface area contributed by atoms with E-state index in [1.807, 2.05) is 11.6 Å². The summed E-state index contributed by atoms with van der Waals surface area (Å²) in [4.78, 5) is 26.5. The number of fused-ring (bicyclic) bond motifs is 1. The number of benzene rings is 2. The number of carbonyl (C=O) groups is 1. The van der Waals surface area contributed by atoms with Crippen molar-refractivity contribution < 1.29 is 17.6 Å². The van der Waals surface area contributed by atoms with Crippen molar-refractivity contribution in [2.75, 3.05) is 22.9 Å². The second-order valence-electron chi connectivity index (χ2n) is 8.39. The van der Waals surface area contributed by atoms with Gasteiger partial charge in [0.05, 0.1) is 28.1 Å². The summed E-state index contributed by atoms with van der Waals surface area (Å²) in [6.45, 7) is 4.38. The van der Waals surface area contributed by atoms with E-state index in [0.29, 0.717) is 29.0 Å². The number of halogens is 1. The fourth-order valence-electron chi connectivity index (χ4n) is 3.70. The van der Waals surface area contributed by atoms with E-state index in [9.17, 15) is 22.4 Å². The molecule has 2 amide bonds. The van der Waals surface area contributed by atoms with Gasteiger partial charge in [0.1, 0.15) is 10.0 Å². The molecule has 9 nitrogen and oxygen atoms in total. The summed E-state index contributed by atoms with van der Waals surface area (Å²) in [5.41, 5.74) is 6.42. The van der Waals surface area contributed by atoms with Gasteiger partial charge in [-0.25, -0.2) is 22.3 Å². The molecule has 0 spiro atoms. The summed E-state index contributed by atoms with van der Waals surface area (Å²) in [6.07, 6.45) is 3.33. The van der Waals surface area contributed by atoms with Gasteiger partial charge in [0, 0.05) is 17.6 Å². The van der Waals surface area contributed by atoms with Crippen LogP contribution in [-0.4, -0.2) is 25.6 Å². The molecule has 5 N–H and O–H groups in total. The number of nitrogen functional groups attached to an aromatic ring is 1. The van der Waals surface area contributed by atoms with Gasteiger partial charge in [-0.3, -0.25) is 9.36 Å². The number of carbonyl (C=O) groups excluding carboxylic acids is 1. The first-order valence-corrected chi connectivity index (χ1v) is 13.8. The van der Waals surface area contributed by atoms with Crippen LogP contribution < -0.4 is 26.6 Å². The molecule has 2 heterocycles. The van der Waals surface area contributed by atoms with Gasteiger partial charge in [0.15, 0.2) is 0 Å². The molecule has 0 aliphatic rings. The van der Waals surface area contributed by atoms with E-state index in [4.69, 9.17) is 5.73 Å². The molecular weight excluding hydrogens is 517 g/mol. The van der Waals surface area contributed by atoms with E-state index < -0.39 is 27.4 Å². The first kappa shape index (κ1) is 26.2. The summed E-state index contributed by atoms with van der Waals surface area (Å²) in [5, 5.41) is 6.47. The average Bonchev–Trinajstić information content (AvgIpc) is 3.29. The number of hydrogen-bond acceptors (Lipinski definition) is 7. The number of nitrogens with two attached hydrogens (primary N) is 1. The highest BCUT2D eigenvalue weighted by Crippen LogP contribution is 2.27. The first-order chi connectivity index (χ1) is 17.6. The molecule has 0 saturated carbocycles. The molecule has 0 aliphatic heterocycles. The van der Waals surface area contributed by atoms with Crippen molar-refractivity contribution in [3.8, 4) is 5.69 Å².